The average Bonchev–Trinajstić information content (AvgIpc) is 3.07. The molecule has 2 fully saturated rings. The number of hydrogen-bond donors (Lipinski definition) is 1. The first kappa shape index (κ1) is 13.9. The highest BCUT2D eigenvalue weighted by atomic mass is 35.5. The molecule has 0 saturated carbocycles. The second kappa shape index (κ2) is 5.38. The van der Waals surface area contributed by atoms with Crippen LogP contribution in [0.2, 0.25) is 5.02 Å². The monoisotopic (exact) mass is 292 g/mol. The molecule has 3 rings (SSSR count). The van der Waals surface area contributed by atoms with Crippen molar-refractivity contribution in [2.75, 3.05) is 19.6 Å². The second-order valence-corrected chi connectivity index (χ2v) is 6.64. The highest BCUT2D eigenvalue weighted by Gasteiger charge is 2.42. The van der Waals surface area contributed by atoms with Crippen molar-refractivity contribution in [2.45, 2.75) is 32.2 Å². The van der Waals surface area contributed by atoms with Gasteiger partial charge in [0.15, 0.2) is 0 Å². The Kier molecular flexibility index (Phi) is 3.74. The SMILES string of the molecule is CC1(C(=O)N2CCCC2c2cccc(Cl)c2)CCNC1. The summed E-state index contributed by atoms with van der Waals surface area (Å²) in [5.74, 6) is 0.296. The van der Waals surface area contributed by atoms with Crippen molar-refractivity contribution in [3.63, 3.8) is 0 Å². The van der Waals surface area contributed by atoms with Crippen LogP contribution in [0.15, 0.2) is 24.3 Å². The van der Waals surface area contributed by atoms with E-state index in [1.165, 1.54) is 0 Å². The fourth-order valence-electron chi connectivity index (χ4n) is 3.42. The quantitative estimate of drug-likeness (QED) is 0.909. The van der Waals surface area contributed by atoms with E-state index in [0.717, 1.165) is 49.5 Å². The predicted molar refractivity (Wildman–Crippen MR) is 80.7 cm³/mol. The van der Waals surface area contributed by atoms with Gasteiger partial charge >= 0.3 is 0 Å². The van der Waals surface area contributed by atoms with E-state index >= 15 is 0 Å². The number of amides is 1. The predicted octanol–water partition coefficient (Wildman–Crippen LogP) is 3.00. The summed E-state index contributed by atoms with van der Waals surface area (Å²) in [7, 11) is 0. The minimum absolute atomic E-state index is 0.193. The molecule has 2 aliphatic rings. The van der Waals surface area contributed by atoms with Gasteiger partial charge in [-0.05, 0) is 50.4 Å². The molecular formula is C16H21ClN2O. The van der Waals surface area contributed by atoms with Crippen LogP contribution in [0.3, 0.4) is 0 Å². The number of hydrogen-bond acceptors (Lipinski definition) is 2. The van der Waals surface area contributed by atoms with E-state index in [9.17, 15) is 4.79 Å². The van der Waals surface area contributed by atoms with E-state index in [1.807, 2.05) is 18.2 Å². The molecule has 0 spiro atoms. The summed E-state index contributed by atoms with van der Waals surface area (Å²) in [6, 6.07) is 8.12. The minimum atomic E-state index is -0.235. The van der Waals surface area contributed by atoms with Crippen LogP contribution in [0.4, 0.5) is 0 Å². The summed E-state index contributed by atoms with van der Waals surface area (Å²) in [4.78, 5) is 15.0. The van der Waals surface area contributed by atoms with Gasteiger partial charge in [-0.1, -0.05) is 23.7 Å². The lowest BCUT2D eigenvalue weighted by Gasteiger charge is -2.32. The molecule has 0 aliphatic carbocycles. The largest absolute Gasteiger partial charge is 0.335 e. The third-order valence-electron chi connectivity index (χ3n) is 4.63. The van der Waals surface area contributed by atoms with Crippen LogP contribution in [-0.2, 0) is 4.79 Å². The summed E-state index contributed by atoms with van der Waals surface area (Å²) in [6.07, 6.45) is 3.05. The first-order chi connectivity index (χ1) is 9.60. The number of likely N-dealkylation sites (tertiary alicyclic amines) is 1. The Hall–Kier alpha value is -1.06. The Morgan fingerprint density at radius 3 is 3.05 bits per heavy atom. The molecule has 2 heterocycles. The highest BCUT2D eigenvalue weighted by Crippen LogP contribution is 2.38. The maximum Gasteiger partial charge on any atom is 0.230 e. The van der Waals surface area contributed by atoms with Gasteiger partial charge in [0, 0.05) is 18.1 Å². The molecule has 0 radical (unpaired) electrons. The molecule has 108 valence electrons. The molecule has 0 aromatic heterocycles. The maximum absolute atomic E-state index is 12.9. The zero-order valence-corrected chi connectivity index (χ0v) is 12.6. The summed E-state index contributed by atoms with van der Waals surface area (Å²) >= 11 is 6.09. The van der Waals surface area contributed by atoms with Gasteiger partial charge < -0.3 is 10.2 Å². The summed E-state index contributed by atoms with van der Waals surface area (Å²) in [5, 5.41) is 4.06. The number of nitrogens with zero attached hydrogens (tertiary/aromatic N) is 1. The van der Waals surface area contributed by atoms with Gasteiger partial charge in [-0.3, -0.25) is 4.79 Å². The van der Waals surface area contributed by atoms with Crippen molar-refractivity contribution in [1.82, 2.24) is 10.2 Å². The number of carbonyl (C=O) groups is 1. The Bertz CT molecular complexity index is 511. The number of halogens is 1. The summed E-state index contributed by atoms with van der Waals surface area (Å²) < 4.78 is 0. The van der Waals surface area contributed by atoms with Crippen molar-refractivity contribution in [2.24, 2.45) is 5.41 Å². The fourth-order valence-corrected chi connectivity index (χ4v) is 3.62. The molecule has 4 heteroatoms. The Labute approximate surface area is 125 Å². The van der Waals surface area contributed by atoms with Gasteiger partial charge in [0.1, 0.15) is 0 Å². The number of carbonyl (C=O) groups excluding carboxylic acids is 1. The topological polar surface area (TPSA) is 32.3 Å². The van der Waals surface area contributed by atoms with Crippen LogP contribution in [0.25, 0.3) is 0 Å². The molecule has 1 aromatic rings. The molecule has 1 aromatic carbocycles. The zero-order valence-electron chi connectivity index (χ0n) is 11.9. The lowest BCUT2D eigenvalue weighted by Crippen LogP contribution is -2.43. The Morgan fingerprint density at radius 1 is 1.50 bits per heavy atom. The lowest BCUT2D eigenvalue weighted by atomic mass is 9.87. The summed E-state index contributed by atoms with van der Waals surface area (Å²) in [5.41, 5.74) is 0.930. The van der Waals surface area contributed by atoms with Crippen molar-refractivity contribution in [1.29, 1.82) is 0 Å². The smallest absolute Gasteiger partial charge is 0.230 e. The van der Waals surface area contributed by atoms with Crippen molar-refractivity contribution in [3.05, 3.63) is 34.9 Å². The first-order valence-corrected chi connectivity index (χ1v) is 7.75. The highest BCUT2D eigenvalue weighted by molar-refractivity contribution is 6.30. The third kappa shape index (κ3) is 2.45. The van der Waals surface area contributed by atoms with Crippen LogP contribution in [0, 0.1) is 5.41 Å². The molecule has 3 nitrogen and oxygen atoms in total. The molecule has 2 aliphatic heterocycles. The van der Waals surface area contributed by atoms with E-state index in [1.54, 1.807) is 0 Å². The first-order valence-electron chi connectivity index (χ1n) is 7.37. The molecule has 2 atom stereocenters. The number of rotatable bonds is 2. The van der Waals surface area contributed by atoms with Gasteiger partial charge in [0.05, 0.1) is 11.5 Å². The number of nitrogens with one attached hydrogen (secondary N) is 1. The normalized spacial score (nSPS) is 29.9. The molecule has 0 bridgehead atoms. The maximum atomic E-state index is 12.9. The fraction of sp³-hybridized carbons (Fsp3) is 0.562. The van der Waals surface area contributed by atoms with Crippen LogP contribution >= 0.6 is 11.6 Å². The van der Waals surface area contributed by atoms with Gasteiger partial charge in [0.25, 0.3) is 0 Å². The van der Waals surface area contributed by atoms with E-state index in [2.05, 4.69) is 23.2 Å². The van der Waals surface area contributed by atoms with Crippen LogP contribution in [0.1, 0.15) is 37.8 Å². The van der Waals surface area contributed by atoms with Gasteiger partial charge in [-0.2, -0.15) is 0 Å². The van der Waals surface area contributed by atoms with Crippen LogP contribution < -0.4 is 5.32 Å². The van der Waals surface area contributed by atoms with Gasteiger partial charge in [-0.25, -0.2) is 0 Å². The second-order valence-electron chi connectivity index (χ2n) is 6.20. The molecule has 2 saturated heterocycles. The third-order valence-corrected chi connectivity index (χ3v) is 4.87. The van der Waals surface area contributed by atoms with Crippen LogP contribution in [-0.4, -0.2) is 30.4 Å². The molecule has 1 amide bonds. The van der Waals surface area contributed by atoms with E-state index in [4.69, 9.17) is 11.6 Å². The minimum Gasteiger partial charge on any atom is -0.335 e. The van der Waals surface area contributed by atoms with E-state index in [0.29, 0.717) is 5.91 Å². The molecule has 1 N–H and O–H groups in total. The van der Waals surface area contributed by atoms with Gasteiger partial charge in [-0.15, -0.1) is 0 Å². The van der Waals surface area contributed by atoms with Crippen molar-refractivity contribution in [3.8, 4) is 0 Å². The summed E-state index contributed by atoms with van der Waals surface area (Å²) in [6.45, 7) is 4.69. The lowest BCUT2D eigenvalue weighted by molar-refractivity contribution is -0.141. The van der Waals surface area contributed by atoms with Crippen molar-refractivity contribution < 1.29 is 4.79 Å². The standard InChI is InChI=1S/C16H21ClN2O/c1-16(7-8-18-11-16)15(20)19-9-3-6-14(19)12-4-2-5-13(17)10-12/h2,4-5,10,14,18H,3,6-9,11H2,1H3. The molecule has 2 unspecified atom stereocenters. The molecule has 20 heavy (non-hydrogen) atoms. The van der Waals surface area contributed by atoms with E-state index < -0.39 is 0 Å². The zero-order chi connectivity index (χ0) is 14.2. The van der Waals surface area contributed by atoms with Gasteiger partial charge in [0.2, 0.25) is 5.91 Å². The Balaban J connectivity index is 1.84. The average molecular weight is 293 g/mol. The Morgan fingerprint density at radius 2 is 2.35 bits per heavy atom. The van der Waals surface area contributed by atoms with Crippen LogP contribution in [0.5, 0.6) is 0 Å². The van der Waals surface area contributed by atoms with Crippen molar-refractivity contribution >= 4 is 17.5 Å². The molecular weight excluding hydrogens is 272 g/mol. The van der Waals surface area contributed by atoms with E-state index in [-0.39, 0.29) is 11.5 Å². The number of benzene rings is 1.